The molecule has 0 fully saturated rings. The Morgan fingerprint density at radius 1 is 1.06 bits per heavy atom. The average Bonchev–Trinajstić information content (AvgIpc) is 2.30. The third-order valence-corrected chi connectivity index (χ3v) is 3.24. The molecule has 0 heterocycles. The van der Waals surface area contributed by atoms with Crippen molar-refractivity contribution in [1.29, 1.82) is 0 Å². The quantitative estimate of drug-likeness (QED) is 0.868. The normalized spacial score (nSPS) is 10.4. The molecule has 0 aliphatic carbocycles. The molecule has 18 heavy (non-hydrogen) atoms. The summed E-state index contributed by atoms with van der Waals surface area (Å²) in [6.45, 7) is 1.85. The van der Waals surface area contributed by atoms with Gasteiger partial charge in [-0.3, -0.25) is 0 Å². The summed E-state index contributed by atoms with van der Waals surface area (Å²) < 4.78 is 0. The van der Waals surface area contributed by atoms with Crippen LogP contribution in [0.5, 0.6) is 0 Å². The van der Waals surface area contributed by atoms with Crippen LogP contribution < -0.4 is 0 Å². The highest BCUT2D eigenvalue weighted by molar-refractivity contribution is 6.36. The number of carboxylic acids is 1. The number of halogens is 2. The van der Waals surface area contributed by atoms with Gasteiger partial charge in [-0.15, -0.1) is 0 Å². The van der Waals surface area contributed by atoms with Gasteiger partial charge in [0.15, 0.2) is 0 Å². The molecule has 92 valence electrons. The summed E-state index contributed by atoms with van der Waals surface area (Å²) >= 11 is 12.0. The zero-order chi connectivity index (χ0) is 13.3. The van der Waals surface area contributed by atoms with E-state index in [4.69, 9.17) is 28.3 Å². The topological polar surface area (TPSA) is 37.3 Å². The molecule has 0 unspecified atom stereocenters. The molecule has 0 bridgehead atoms. The van der Waals surface area contributed by atoms with Gasteiger partial charge in [-0.2, -0.15) is 0 Å². The molecule has 2 aromatic rings. The minimum Gasteiger partial charge on any atom is -0.478 e. The van der Waals surface area contributed by atoms with Crippen molar-refractivity contribution in [2.45, 2.75) is 6.92 Å². The van der Waals surface area contributed by atoms with Gasteiger partial charge in [-0.05, 0) is 42.3 Å². The van der Waals surface area contributed by atoms with Crippen molar-refractivity contribution in [1.82, 2.24) is 0 Å². The summed E-state index contributed by atoms with van der Waals surface area (Å²) in [6.07, 6.45) is 0. The van der Waals surface area contributed by atoms with E-state index in [1.165, 1.54) is 0 Å². The maximum atomic E-state index is 10.9. The fourth-order valence-corrected chi connectivity index (χ4v) is 2.32. The van der Waals surface area contributed by atoms with E-state index in [9.17, 15) is 4.79 Å². The Balaban J connectivity index is 2.54. The molecule has 2 rings (SSSR count). The number of hydrogen-bond acceptors (Lipinski definition) is 1. The Morgan fingerprint density at radius 3 is 2.28 bits per heavy atom. The second-order valence-electron chi connectivity index (χ2n) is 3.96. The Hall–Kier alpha value is -1.51. The summed E-state index contributed by atoms with van der Waals surface area (Å²) in [5, 5.41) is 10.0. The van der Waals surface area contributed by atoms with Crippen LogP contribution in [-0.4, -0.2) is 11.1 Å². The minimum atomic E-state index is -0.938. The van der Waals surface area contributed by atoms with Gasteiger partial charge in [-0.25, -0.2) is 4.79 Å². The predicted octanol–water partition coefficient (Wildman–Crippen LogP) is 4.67. The standard InChI is InChI=1S/C14H10Cl2O2/c1-8-6-9(14(17)18)2-4-11(8)12-5-3-10(15)7-13(12)16/h2-7H,1H3,(H,17,18). The van der Waals surface area contributed by atoms with Gasteiger partial charge in [0.25, 0.3) is 0 Å². The van der Waals surface area contributed by atoms with Gasteiger partial charge >= 0.3 is 5.97 Å². The summed E-state index contributed by atoms with van der Waals surface area (Å²) in [5.41, 5.74) is 2.87. The minimum absolute atomic E-state index is 0.265. The molecule has 0 saturated heterocycles. The Kier molecular flexibility index (Phi) is 3.60. The smallest absolute Gasteiger partial charge is 0.335 e. The average molecular weight is 281 g/mol. The van der Waals surface area contributed by atoms with Crippen molar-refractivity contribution in [3.8, 4) is 11.1 Å². The lowest BCUT2D eigenvalue weighted by Crippen LogP contribution is -1.97. The molecule has 2 nitrogen and oxygen atoms in total. The number of carbonyl (C=O) groups is 1. The summed E-state index contributed by atoms with van der Waals surface area (Å²) in [5.74, 6) is -0.938. The zero-order valence-electron chi connectivity index (χ0n) is 9.58. The van der Waals surface area contributed by atoms with Crippen LogP contribution in [0.3, 0.4) is 0 Å². The lowest BCUT2D eigenvalue weighted by molar-refractivity contribution is 0.0697. The molecule has 0 spiro atoms. The van der Waals surface area contributed by atoms with Gasteiger partial charge < -0.3 is 5.11 Å². The van der Waals surface area contributed by atoms with E-state index in [1.807, 2.05) is 13.0 Å². The second-order valence-corrected chi connectivity index (χ2v) is 4.80. The van der Waals surface area contributed by atoms with Crippen molar-refractivity contribution in [2.75, 3.05) is 0 Å². The van der Waals surface area contributed by atoms with Crippen LogP contribution >= 0.6 is 23.2 Å². The first kappa shape index (κ1) is 12.9. The molecule has 0 atom stereocenters. The molecule has 0 aliphatic rings. The predicted molar refractivity (Wildman–Crippen MR) is 73.6 cm³/mol. The first-order valence-electron chi connectivity index (χ1n) is 5.28. The molecule has 4 heteroatoms. The van der Waals surface area contributed by atoms with Crippen molar-refractivity contribution in [2.24, 2.45) is 0 Å². The Morgan fingerprint density at radius 2 is 1.72 bits per heavy atom. The van der Waals surface area contributed by atoms with Gasteiger partial charge in [0, 0.05) is 15.6 Å². The van der Waals surface area contributed by atoms with Crippen LogP contribution in [0.25, 0.3) is 11.1 Å². The van der Waals surface area contributed by atoms with Crippen LogP contribution in [0.1, 0.15) is 15.9 Å². The molecule has 0 aromatic heterocycles. The van der Waals surface area contributed by atoms with Crippen LogP contribution in [0.15, 0.2) is 36.4 Å². The monoisotopic (exact) mass is 280 g/mol. The van der Waals surface area contributed by atoms with E-state index in [1.54, 1.807) is 30.3 Å². The van der Waals surface area contributed by atoms with Crippen LogP contribution in [-0.2, 0) is 0 Å². The molecule has 0 saturated carbocycles. The van der Waals surface area contributed by atoms with Crippen molar-refractivity contribution < 1.29 is 9.90 Å². The largest absolute Gasteiger partial charge is 0.478 e. The maximum absolute atomic E-state index is 10.9. The number of carboxylic acid groups (broad SMARTS) is 1. The highest BCUT2D eigenvalue weighted by Gasteiger charge is 2.10. The third-order valence-electron chi connectivity index (χ3n) is 2.69. The SMILES string of the molecule is Cc1cc(C(=O)O)ccc1-c1ccc(Cl)cc1Cl. The fraction of sp³-hybridized carbons (Fsp3) is 0.0714. The number of rotatable bonds is 2. The molecular formula is C14H10Cl2O2. The maximum Gasteiger partial charge on any atom is 0.335 e. The van der Waals surface area contributed by atoms with Gasteiger partial charge in [-0.1, -0.05) is 35.3 Å². The van der Waals surface area contributed by atoms with Gasteiger partial charge in [0.05, 0.1) is 5.56 Å². The Labute approximate surface area is 115 Å². The first-order chi connectivity index (χ1) is 8.49. The summed E-state index contributed by atoms with van der Waals surface area (Å²) in [6, 6.07) is 10.2. The van der Waals surface area contributed by atoms with Crippen LogP contribution in [0.4, 0.5) is 0 Å². The Bertz CT molecular complexity index is 621. The second kappa shape index (κ2) is 5.01. The number of benzene rings is 2. The molecule has 0 radical (unpaired) electrons. The van der Waals surface area contributed by atoms with E-state index in [0.717, 1.165) is 16.7 Å². The van der Waals surface area contributed by atoms with Crippen molar-refractivity contribution >= 4 is 29.2 Å². The zero-order valence-corrected chi connectivity index (χ0v) is 11.1. The van der Waals surface area contributed by atoms with Crippen LogP contribution in [0, 0.1) is 6.92 Å². The van der Waals surface area contributed by atoms with Crippen LogP contribution in [0.2, 0.25) is 10.0 Å². The first-order valence-corrected chi connectivity index (χ1v) is 6.04. The summed E-state index contributed by atoms with van der Waals surface area (Å²) in [7, 11) is 0. The van der Waals surface area contributed by atoms with E-state index >= 15 is 0 Å². The van der Waals surface area contributed by atoms with Crippen molar-refractivity contribution in [3.05, 3.63) is 57.6 Å². The highest BCUT2D eigenvalue weighted by Crippen LogP contribution is 2.32. The lowest BCUT2D eigenvalue weighted by Gasteiger charge is -2.09. The van der Waals surface area contributed by atoms with Gasteiger partial charge in [0.1, 0.15) is 0 Å². The van der Waals surface area contributed by atoms with E-state index < -0.39 is 5.97 Å². The fourth-order valence-electron chi connectivity index (χ4n) is 1.81. The van der Waals surface area contributed by atoms with E-state index in [0.29, 0.717) is 10.0 Å². The number of aromatic carboxylic acids is 1. The molecule has 0 amide bonds. The van der Waals surface area contributed by atoms with Gasteiger partial charge in [0.2, 0.25) is 0 Å². The third kappa shape index (κ3) is 2.50. The summed E-state index contributed by atoms with van der Waals surface area (Å²) in [4.78, 5) is 10.9. The molecule has 2 aromatic carbocycles. The number of hydrogen-bond donors (Lipinski definition) is 1. The van der Waals surface area contributed by atoms with E-state index in [-0.39, 0.29) is 5.56 Å². The molecular weight excluding hydrogens is 271 g/mol. The van der Waals surface area contributed by atoms with Crippen molar-refractivity contribution in [3.63, 3.8) is 0 Å². The lowest BCUT2D eigenvalue weighted by atomic mass is 9.98. The highest BCUT2D eigenvalue weighted by atomic mass is 35.5. The molecule has 0 aliphatic heterocycles. The van der Waals surface area contributed by atoms with E-state index in [2.05, 4.69) is 0 Å². The molecule has 1 N–H and O–H groups in total. The number of aryl methyl sites for hydroxylation is 1.